The van der Waals surface area contributed by atoms with Gasteiger partial charge in [0.15, 0.2) is 10.6 Å². The summed E-state index contributed by atoms with van der Waals surface area (Å²) in [5, 5.41) is 6.67. The molecule has 1 heterocycles. The summed E-state index contributed by atoms with van der Waals surface area (Å²) in [6.45, 7) is 5.80. The summed E-state index contributed by atoms with van der Waals surface area (Å²) in [5.41, 5.74) is -0.126. The maximum atomic E-state index is 13.8. The number of H-pyrrole nitrogens is 1. The lowest BCUT2D eigenvalue weighted by Gasteiger charge is -2.22. The molecule has 0 radical (unpaired) electrons. The van der Waals surface area contributed by atoms with Crippen molar-refractivity contribution in [3.63, 3.8) is 0 Å². The second-order valence-corrected chi connectivity index (χ2v) is 5.37. The van der Waals surface area contributed by atoms with E-state index in [2.05, 4.69) is 10.2 Å². The fraction of sp³-hybridized carbons (Fsp3) is 0.333. The van der Waals surface area contributed by atoms with Gasteiger partial charge < -0.3 is 0 Å². The van der Waals surface area contributed by atoms with Crippen LogP contribution in [0.5, 0.6) is 0 Å². The highest BCUT2D eigenvalue weighted by Crippen LogP contribution is 2.26. The molecule has 1 aromatic carbocycles. The number of nitrogens with zero attached hydrogens (tertiary/aromatic N) is 2. The first kappa shape index (κ1) is 12.9. The third kappa shape index (κ3) is 2.20. The molecule has 0 bridgehead atoms. The van der Waals surface area contributed by atoms with Crippen molar-refractivity contribution in [2.75, 3.05) is 0 Å². The van der Waals surface area contributed by atoms with Crippen LogP contribution in [-0.2, 0) is 5.54 Å². The first-order chi connectivity index (χ1) is 8.30. The Morgan fingerprint density at radius 2 is 1.94 bits per heavy atom. The van der Waals surface area contributed by atoms with Gasteiger partial charge in [-0.15, -0.1) is 0 Å². The van der Waals surface area contributed by atoms with Gasteiger partial charge in [0.2, 0.25) is 0 Å². The first-order valence-corrected chi connectivity index (χ1v) is 5.85. The molecule has 2 aromatic rings. The van der Waals surface area contributed by atoms with E-state index in [9.17, 15) is 8.78 Å². The molecule has 6 heteroatoms. The monoisotopic (exact) mass is 269 g/mol. The van der Waals surface area contributed by atoms with E-state index in [0.29, 0.717) is 10.6 Å². The van der Waals surface area contributed by atoms with Crippen molar-refractivity contribution in [1.29, 1.82) is 0 Å². The van der Waals surface area contributed by atoms with Gasteiger partial charge in [-0.05, 0) is 45.1 Å². The molecule has 0 amide bonds. The minimum absolute atomic E-state index is 0.221. The Morgan fingerprint density at radius 1 is 1.28 bits per heavy atom. The van der Waals surface area contributed by atoms with Gasteiger partial charge in [-0.3, -0.25) is 9.67 Å². The molecular weight excluding hydrogens is 256 g/mol. The SMILES string of the molecule is CC(C)(C)n1c(-c2ccc(F)cc2F)n[nH]c1=S. The van der Waals surface area contributed by atoms with Crippen molar-refractivity contribution in [3.8, 4) is 11.4 Å². The molecule has 0 aliphatic carbocycles. The van der Waals surface area contributed by atoms with E-state index >= 15 is 0 Å². The van der Waals surface area contributed by atoms with Crippen LogP contribution in [0.4, 0.5) is 8.78 Å². The van der Waals surface area contributed by atoms with Crippen LogP contribution < -0.4 is 0 Å². The number of aromatic amines is 1. The van der Waals surface area contributed by atoms with Crippen LogP contribution >= 0.6 is 12.2 Å². The van der Waals surface area contributed by atoms with Crippen LogP contribution in [0.15, 0.2) is 18.2 Å². The van der Waals surface area contributed by atoms with Crippen molar-refractivity contribution in [2.24, 2.45) is 0 Å². The molecule has 0 spiro atoms. The quantitative estimate of drug-likeness (QED) is 0.802. The zero-order valence-electron chi connectivity index (χ0n) is 10.3. The van der Waals surface area contributed by atoms with Crippen molar-refractivity contribution in [3.05, 3.63) is 34.6 Å². The molecule has 2 rings (SSSR count). The van der Waals surface area contributed by atoms with Crippen LogP contribution in [0.1, 0.15) is 20.8 Å². The molecule has 0 saturated carbocycles. The van der Waals surface area contributed by atoms with E-state index in [-0.39, 0.29) is 11.1 Å². The van der Waals surface area contributed by atoms with Crippen molar-refractivity contribution in [1.82, 2.24) is 14.8 Å². The number of hydrogen-bond acceptors (Lipinski definition) is 2. The lowest BCUT2D eigenvalue weighted by Crippen LogP contribution is -2.23. The molecule has 0 atom stereocenters. The van der Waals surface area contributed by atoms with Gasteiger partial charge in [-0.2, -0.15) is 5.10 Å². The van der Waals surface area contributed by atoms with Gasteiger partial charge in [0.1, 0.15) is 11.6 Å². The Labute approximate surface area is 108 Å². The second-order valence-electron chi connectivity index (χ2n) is 4.98. The number of rotatable bonds is 1. The lowest BCUT2D eigenvalue weighted by atomic mass is 10.1. The Balaban J connectivity index is 2.69. The maximum Gasteiger partial charge on any atom is 0.195 e. The number of hydrogen-bond donors (Lipinski definition) is 1. The minimum Gasteiger partial charge on any atom is -0.295 e. The van der Waals surface area contributed by atoms with Gasteiger partial charge in [-0.1, -0.05) is 0 Å². The molecular formula is C12H13F2N3S. The van der Waals surface area contributed by atoms with Gasteiger partial charge >= 0.3 is 0 Å². The highest BCUT2D eigenvalue weighted by molar-refractivity contribution is 7.71. The highest BCUT2D eigenvalue weighted by Gasteiger charge is 2.22. The Kier molecular flexibility index (Phi) is 3.06. The molecule has 0 unspecified atom stereocenters. The summed E-state index contributed by atoms with van der Waals surface area (Å²) in [6.07, 6.45) is 0. The summed E-state index contributed by atoms with van der Waals surface area (Å²) in [6, 6.07) is 3.39. The average molecular weight is 269 g/mol. The van der Waals surface area contributed by atoms with Gasteiger partial charge in [-0.25, -0.2) is 8.78 Å². The summed E-state index contributed by atoms with van der Waals surface area (Å²) < 4.78 is 28.8. The lowest BCUT2D eigenvalue weighted by molar-refractivity contribution is 0.395. The van der Waals surface area contributed by atoms with E-state index in [1.165, 1.54) is 12.1 Å². The van der Waals surface area contributed by atoms with Crippen LogP contribution in [-0.4, -0.2) is 14.8 Å². The first-order valence-electron chi connectivity index (χ1n) is 5.44. The van der Waals surface area contributed by atoms with Gasteiger partial charge in [0.25, 0.3) is 0 Å². The molecule has 96 valence electrons. The van der Waals surface area contributed by atoms with Crippen LogP contribution in [0.3, 0.4) is 0 Å². The van der Waals surface area contributed by atoms with E-state index in [1.54, 1.807) is 4.57 Å². The molecule has 0 aliphatic rings. The molecule has 0 saturated heterocycles. The fourth-order valence-electron chi connectivity index (χ4n) is 1.77. The van der Waals surface area contributed by atoms with Crippen molar-refractivity contribution in [2.45, 2.75) is 26.3 Å². The van der Waals surface area contributed by atoms with Gasteiger partial charge in [0, 0.05) is 11.6 Å². The van der Waals surface area contributed by atoms with Crippen molar-refractivity contribution < 1.29 is 8.78 Å². The zero-order chi connectivity index (χ0) is 13.5. The summed E-state index contributed by atoms with van der Waals surface area (Å²) in [7, 11) is 0. The Hall–Kier alpha value is -1.56. The summed E-state index contributed by atoms with van der Waals surface area (Å²) >= 11 is 5.14. The predicted octanol–water partition coefficient (Wildman–Crippen LogP) is 3.64. The number of benzene rings is 1. The molecule has 0 fully saturated rings. The Morgan fingerprint density at radius 3 is 2.50 bits per heavy atom. The van der Waals surface area contributed by atoms with Gasteiger partial charge in [0.05, 0.1) is 5.56 Å². The van der Waals surface area contributed by atoms with Crippen LogP contribution in [0, 0.1) is 16.4 Å². The smallest absolute Gasteiger partial charge is 0.195 e. The number of aromatic nitrogens is 3. The summed E-state index contributed by atoms with van der Waals surface area (Å²) in [5.74, 6) is -0.910. The van der Waals surface area contributed by atoms with E-state index in [1.807, 2.05) is 20.8 Å². The zero-order valence-corrected chi connectivity index (χ0v) is 11.1. The van der Waals surface area contributed by atoms with E-state index in [4.69, 9.17) is 12.2 Å². The number of nitrogens with one attached hydrogen (secondary N) is 1. The molecule has 1 aromatic heterocycles. The van der Waals surface area contributed by atoms with Crippen LogP contribution in [0.25, 0.3) is 11.4 Å². The molecule has 1 N–H and O–H groups in total. The highest BCUT2D eigenvalue weighted by atomic mass is 32.1. The van der Waals surface area contributed by atoms with Crippen molar-refractivity contribution >= 4 is 12.2 Å². The topological polar surface area (TPSA) is 33.6 Å². The molecule has 0 aliphatic heterocycles. The van der Waals surface area contributed by atoms with E-state index < -0.39 is 11.6 Å². The summed E-state index contributed by atoms with van der Waals surface area (Å²) in [4.78, 5) is 0. The largest absolute Gasteiger partial charge is 0.295 e. The average Bonchev–Trinajstić information content (AvgIpc) is 2.59. The Bertz CT molecular complexity index is 638. The standard InChI is InChI=1S/C12H13F2N3S/c1-12(2,3)17-10(15-16-11(17)18)8-5-4-7(13)6-9(8)14/h4-6H,1-3H3,(H,16,18). The predicted molar refractivity (Wildman–Crippen MR) is 67.8 cm³/mol. The van der Waals surface area contributed by atoms with E-state index in [0.717, 1.165) is 6.07 Å². The maximum absolute atomic E-state index is 13.8. The number of halogens is 2. The van der Waals surface area contributed by atoms with Crippen LogP contribution in [0.2, 0.25) is 0 Å². The molecule has 3 nitrogen and oxygen atoms in total. The fourth-order valence-corrected chi connectivity index (χ4v) is 2.18. The molecule has 18 heavy (non-hydrogen) atoms. The minimum atomic E-state index is -0.658. The third-order valence-corrected chi connectivity index (χ3v) is 2.79. The normalized spacial score (nSPS) is 11.8. The second kappa shape index (κ2) is 4.28. The third-order valence-electron chi connectivity index (χ3n) is 2.52.